The number of hydrogen-bond donors (Lipinski definition) is 0. The van der Waals surface area contributed by atoms with E-state index in [0.717, 1.165) is 5.56 Å². The molecule has 0 saturated carbocycles. The Kier molecular flexibility index (Phi) is 4.05. The van der Waals surface area contributed by atoms with Gasteiger partial charge in [0, 0.05) is 18.4 Å². The lowest BCUT2D eigenvalue weighted by Gasteiger charge is -2.03. The van der Waals surface area contributed by atoms with Gasteiger partial charge in [-0.15, -0.1) is 11.8 Å². The molecular formula is C13H13FO. The molecule has 78 valence electrons. The van der Waals surface area contributed by atoms with Gasteiger partial charge in [-0.05, 0) is 31.5 Å². The Balaban J connectivity index is 2.80. The highest BCUT2D eigenvalue weighted by molar-refractivity contribution is 5.97. The van der Waals surface area contributed by atoms with E-state index in [-0.39, 0.29) is 11.6 Å². The Bertz CT molecular complexity index is 424. The summed E-state index contributed by atoms with van der Waals surface area (Å²) in [5, 5.41) is 0. The zero-order valence-corrected chi connectivity index (χ0v) is 8.93. The lowest BCUT2D eigenvalue weighted by atomic mass is 10.0. The molecule has 1 aromatic carbocycles. The van der Waals surface area contributed by atoms with Gasteiger partial charge in [0.15, 0.2) is 5.78 Å². The fraction of sp³-hybridized carbons (Fsp3) is 0.308. The van der Waals surface area contributed by atoms with Crippen molar-refractivity contribution in [2.45, 2.75) is 26.7 Å². The average Bonchev–Trinajstić information content (AvgIpc) is 2.22. The van der Waals surface area contributed by atoms with Crippen LogP contribution in [0.1, 0.15) is 35.7 Å². The predicted octanol–water partition coefficient (Wildman–Crippen LogP) is 3.12. The Morgan fingerprint density at radius 2 is 2.20 bits per heavy atom. The van der Waals surface area contributed by atoms with Crippen LogP contribution in [0.25, 0.3) is 0 Å². The molecule has 0 unspecified atom stereocenters. The maximum Gasteiger partial charge on any atom is 0.164 e. The summed E-state index contributed by atoms with van der Waals surface area (Å²) in [6, 6.07) is 4.27. The number of carbonyl (C=O) groups excluding carboxylic acids is 1. The second-order valence-corrected chi connectivity index (χ2v) is 3.31. The molecule has 0 bridgehead atoms. The van der Waals surface area contributed by atoms with Crippen molar-refractivity contribution in [3.63, 3.8) is 0 Å². The summed E-state index contributed by atoms with van der Waals surface area (Å²) in [6.07, 6.45) is 0.885. The first kappa shape index (κ1) is 11.5. The minimum Gasteiger partial charge on any atom is -0.294 e. The van der Waals surface area contributed by atoms with Gasteiger partial charge >= 0.3 is 0 Å². The van der Waals surface area contributed by atoms with Crippen LogP contribution in [-0.4, -0.2) is 5.78 Å². The second kappa shape index (κ2) is 5.31. The van der Waals surface area contributed by atoms with Crippen LogP contribution in [0, 0.1) is 24.6 Å². The summed E-state index contributed by atoms with van der Waals surface area (Å²) in [5.41, 5.74) is 1.28. The summed E-state index contributed by atoms with van der Waals surface area (Å²) < 4.78 is 12.9. The fourth-order valence-corrected chi connectivity index (χ4v) is 1.33. The van der Waals surface area contributed by atoms with Crippen molar-refractivity contribution in [1.29, 1.82) is 0 Å². The van der Waals surface area contributed by atoms with Gasteiger partial charge in [-0.25, -0.2) is 4.39 Å². The molecule has 0 heterocycles. The van der Waals surface area contributed by atoms with Gasteiger partial charge in [0.2, 0.25) is 0 Å². The molecule has 0 fully saturated rings. The van der Waals surface area contributed by atoms with Crippen LogP contribution < -0.4 is 0 Å². The summed E-state index contributed by atoms with van der Waals surface area (Å²) in [5.74, 6) is 5.13. The van der Waals surface area contributed by atoms with Crippen molar-refractivity contribution in [2.75, 3.05) is 0 Å². The first-order chi connectivity index (χ1) is 7.15. The van der Waals surface area contributed by atoms with Crippen LogP contribution in [0.4, 0.5) is 4.39 Å². The molecule has 0 aliphatic rings. The number of halogens is 1. The van der Waals surface area contributed by atoms with Crippen molar-refractivity contribution in [2.24, 2.45) is 0 Å². The number of aryl methyl sites for hydroxylation is 1. The minimum atomic E-state index is -0.370. The second-order valence-electron chi connectivity index (χ2n) is 3.31. The van der Waals surface area contributed by atoms with Gasteiger partial charge in [0.1, 0.15) is 5.82 Å². The van der Waals surface area contributed by atoms with Crippen molar-refractivity contribution < 1.29 is 9.18 Å². The Morgan fingerprint density at radius 3 is 2.87 bits per heavy atom. The SMILES string of the molecule is CC#CCCC(=O)c1cc(F)ccc1C. The average molecular weight is 204 g/mol. The molecule has 0 spiro atoms. The van der Waals surface area contributed by atoms with E-state index in [9.17, 15) is 9.18 Å². The van der Waals surface area contributed by atoms with E-state index in [1.807, 2.05) is 0 Å². The standard InChI is InChI=1S/C13H13FO/c1-3-4-5-6-13(15)12-9-11(14)8-7-10(12)2/h7-9H,5-6H2,1-2H3. The van der Waals surface area contributed by atoms with Crippen molar-refractivity contribution >= 4 is 5.78 Å². The number of Topliss-reactive ketones (excluding diaryl/α,β-unsaturated/α-hetero) is 1. The number of rotatable bonds is 3. The van der Waals surface area contributed by atoms with Crippen LogP contribution in [0.2, 0.25) is 0 Å². The maximum atomic E-state index is 12.9. The van der Waals surface area contributed by atoms with Crippen molar-refractivity contribution in [3.8, 4) is 11.8 Å². The summed E-state index contributed by atoms with van der Waals surface area (Å²) >= 11 is 0. The monoisotopic (exact) mass is 204 g/mol. The van der Waals surface area contributed by atoms with Crippen LogP contribution in [0.3, 0.4) is 0 Å². The molecule has 0 N–H and O–H groups in total. The predicted molar refractivity (Wildman–Crippen MR) is 58.2 cm³/mol. The van der Waals surface area contributed by atoms with Crippen molar-refractivity contribution in [1.82, 2.24) is 0 Å². The summed E-state index contributed by atoms with van der Waals surface area (Å²) in [6.45, 7) is 3.54. The normalized spacial score (nSPS) is 9.27. The first-order valence-corrected chi connectivity index (χ1v) is 4.84. The largest absolute Gasteiger partial charge is 0.294 e. The lowest BCUT2D eigenvalue weighted by molar-refractivity contribution is 0.0983. The van der Waals surface area contributed by atoms with Gasteiger partial charge in [-0.2, -0.15) is 0 Å². The third kappa shape index (κ3) is 3.21. The van der Waals surface area contributed by atoms with E-state index in [0.29, 0.717) is 18.4 Å². The Morgan fingerprint density at radius 1 is 1.47 bits per heavy atom. The third-order valence-electron chi connectivity index (χ3n) is 2.15. The highest BCUT2D eigenvalue weighted by Crippen LogP contribution is 2.13. The topological polar surface area (TPSA) is 17.1 Å². The van der Waals surface area contributed by atoms with Crippen molar-refractivity contribution in [3.05, 3.63) is 35.1 Å². The molecule has 2 heteroatoms. The maximum absolute atomic E-state index is 12.9. The molecular weight excluding hydrogens is 191 g/mol. The van der Waals surface area contributed by atoms with E-state index in [2.05, 4.69) is 11.8 Å². The van der Waals surface area contributed by atoms with Crippen LogP contribution in [-0.2, 0) is 0 Å². The summed E-state index contributed by atoms with van der Waals surface area (Å²) in [4.78, 5) is 11.7. The molecule has 15 heavy (non-hydrogen) atoms. The molecule has 0 amide bonds. The van der Waals surface area contributed by atoms with Crippen LogP contribution in [0.5, 0.6) is 0 Å². The lowest BCUT2D eigenvalue weighted by Crippen LogP contribution is -2.01. The Labute approximate surface area is 89.3 Å². The zero-order valence-electron chi connectivity index (χ0n) is 8.93. The summed E-state index contributed by atoms with van der Waals surface area (Å²) in [7, 11) is 0. The van der Waals surface area contributed by atoms with Gasteiger partial charge in [-0.3, -0.25) is 4.79 Å². The van der Waals surface area contributed by atoms with E-state index in [1.165, 1.54) is 12.1 Å². The molecule has 1 nitrogen and oxygen atoms in total. The smallest absolute Gasteiger partial charge is 0.164 e. The molecule has 0 atom stereocenters. The van der Waals surface area contributed by atoms with Crippen LogP contribution >= 0.6 is 0 Å². The minimum absolute atomic E-state index is 0.0465. The quantitative estimate of drug-likeness (QED) is 0.546. The zero-order chi connectivity index (χ0) is 11.3. The Hall–Kier alpha value is -1.62. The molecule has 0 radical (unpaired) electrons. The molecule has 0 aliphatic heterocycles. The number of carbonyl (C=O) groups is 1. The van der Waals surface area contributed by atoms with E-state index >= 15 is 0 Å². The third-order valence-corrected chi connectivity index (χ3v) is 2.15. The highest BCUT2D eigenvalue weighted by atomic mass is 19.1. The number of ketones is 1. The van der Waals surface area contributed by atoms with E-state index < -0.39 is 0 Å². The van der Waals surface area contributed by atoms with Gasteiger partial charge in [-0.1, -0.05) is 6.07 Å². The van der Waals surface area contributed by atoms with Crippen LogP contribution in [0.15, 0.2) is 18.2 Å². The fourth-order valence-electron chi connectivity index (χ4n) is 1.33. The van der Waals surface area contributed by atoms with Gasteiger partial charge in [0.25, 0.3) is 0 Å². The van der Waals surface area contributed by atoms with E-state index in [4.69, 9.17) is 0 Å². The highest BCUT2D eigenvalue weighted by Gasteiger charge is 2.08. The van der Waals surface area contributed by atoms with Gasteiger partial charge in [0.05, 0.1) is 0 Å². The molecule has 0 aliphatic carbocycles. The molecule has 1 rings (SSSR count). The van der Waals surface area contributed by atoms with E-state index in [1.54, 1.807) is 19.9 Å². The van der Waals surface area contributed by atoms with Gasteiger partial charge < -0.3 is 0 Å². The molecule has 1 aromatic rings. The molecule has 0 aromatic heterocycles. The molecule has 0 saturated heterocycles. The number of benzene rings is 1. The first-order valence-electron chi connectivity index (χ1n) is 4.84. The number of hydrogen-bond acceptors (Lipinski definition) is 1.